The van der Waals surface area contributed by atoms with Crippen molar-refractivity contribution in [3.8, 4) is 5.75 Å². The van der Waals surface area contributed by atoms with Gasteiger partial charge in [0, 0.05) is 46.8 Å². The Hall–Kier alpha value is -3.07. The molecule has 0 saturated heterocycles. The van der Waals surface area contributed by atoms with Crippen molar-refractivity contribution in [1.82, 2.24) is 14.4 Å². The van der Waals surface area contributed by atoms with Crippen molar-refractivity contribution in [1.29, 1.82) is 0 Å². The highest BCUT2D eigenvalue weighted by Gasteiger charge is 2.34. The lowest BCUT2D eigenvalue weighted by molar-refractivity contribution is 0.0722. The van der Waals surface area contributed by atoms with E-state index in [1.165, 1.54) is 47.0 Å². The second-order valence-electron chi connectivity index (χ2n) is 7.35. The monoisotopic (exact) mass is 436 g/mol. The van der Waals surface area contributed by atoms with Gasteiger partial charge in [-0.25, -0.2) is 9.18 Å². The van der Waals surface area contributed by atoms with Crippen LogP contribution in [0.5, 0.6) is 5.75 Å². The zero-order valence-corrected chi connectivity index (χ0v) is 17.8. The van der Waals surface area contributed by atoms with E-state index in [0.717, 1.165) is 4.57 Å². The minimum atomic E-state index is -0.776. The summed E-state index contributed by atoms with van der Waals surface area (Å²) in [5.41, 5.74) is 0.139. The molecule has 3 amide bonds. The molecule has 10 heteroatoms. The van der Waals surface area contributed by atoms with E-state index in [1.807, 2.05) is 0 Å². The molecule has 1 aromatic heterocycles. The van der Waals surface area contributed by atoms with Gasteiger partial charge in [0.2, 0.25) is 0 Å². The summed E-state index contributed by atoms with van der Waals surface area (Å²) < 4.78 is 14.6. The fraction of sp³-hybridized carbons (Fsp3) is 0.350. The number of carbonyl (C=O) groups is 2. The summed E-state index contributed by atoms with van der Waals surface area (Å²) in [6, 6.07) is 3.78. The molecule has 8 nitrogen and oxygen atoms in total. The van der Waals surface area contributed by atoms with Gasteiger partial charge in [0.15, 0.2) is 5.75 Å². The van der Waals surface area contributed by atoms with Crippen LogP contribution in [-0.2, 0) is 20.0 Å². The average Bonchev–Trinajstić information content (AvgIpc) is 2.70. The van der Waals surface area contributed by atoms with Crippen LogP contribution >= 0.6 is 11.6 Å². The molecule has 2 heterocycles. The van der Waals surface area contributed by atoms with E-state index in [4.69, 9.17) is 11.6 Å². The summed E-state index contributed by atoms with van der Waals surface area (Å²) in [6.07, 6.45) is 0.318. The molecule has 0 aliphatic carbocycles. The number of aromatic hydroxyl groups is 1. The molecule has 30 heavy (non-hydrogen) atoms. The lowest BCUT2D eigenvalue weighted by Gasteiger charge is -2.33. The maximum absolute atomic E-state index is 13.4. The molecule has 1 N–H and O–H groups in total. The molecule has 0 fully saturated rings. The molecule has 0 radical (unpaired) electrons. The molecule has 2 aromatic rings. The van der Waals surface area contributed by atoms with Crippen molar-refractivity contribution in [2.24, 2.45) is 7.05 Å². The molecular formula is C20H22ClFN4O4. The van der Waals surface area contributed by atoms with Crippen LogP contribution in [0.4, 0.5) is 15.0 Å². The smallest absolute Gasteiger partial charge is 0.324 e. The number of urea groups is 1. The van der Waals surface area contributed by atoms with Gasteiger partial charge in [0.05, 0.1) is 10.6 Å². The Bertz CT molecular complexity index is 1100. The van der Waals surface area contributed by atoms with E-state index in [1.54, 1.807) is 14.1 Å². The Balaban J connectivity index is 2.05. The Labute approximate surface area is 177 Å². The molecule has 0 saturated carbocycles. The van der Waals surface area contributed by atoms with Crippen molar-refractivity contribution in [2.45, 2.75) is 13.0 Å². The molecule has 160 valence electrons. The van der Waals surface area contributed by atoms with Crippen LogP contribution in [0.25, 0.3) is 0 Å². The third-order valence-corrected chi connectivity index (χ3v) is 5.40. The highest BCUT2D eigenvalue weighted by molar-refractivity contribution is 6.30. The standard InChI is InChI=1S/C20H22ClFN4O4/c1-23(2)20(30)25(4)17-12-7-8-26(10-11-5-6-14(22)13(21)9-11)18(28)15(12)16(27)19(29)24(17)3/h5-6,9,27H,7-8,10H2,1-4H3. The first-order chi connectivity index (χ1) is 14.0. The van der Waals surface area contributed by atoms with Gasteiger partial charge in [-0.15, -0.1) is 0 Å². The van der Waals surface area contributed by atoms with Crippen LogP contribution in [0.15, 0.2) is 23.0 Å². The zero-order valence-electron chi connectivity index (χ0n) is 17.1. The predicted octanol–water partition coefficient (Wildman–Crippen LogP) is 2.20. The third-order valence-electron chi connectivity index (χ3n) is 5.11. The maximum atomic E-state index is 13.4. The van der Waals surface area contributed by atoms with Crippen LogP contribution in [0.2, 0.25) is 5.02 Å². The largest absolute Gasteiger partial charge is 0.502 e. The summed E-state index contributed by atoms with van der Waals surface area (Å²) in [6.45, 7) is 0.421. The lowest BCUT2D eigenvalue weighted by Crippen LogP contribution is -2.44. The SMILES string of the molecule is CN(C)C(=O)N(C)c1c2c(c(O)c(=O)n1C)C(=O)N(Cc1ccc(F)c(Cl)c1)CC2. The number of halogens is 2. The van der Waals surface area contributed by atoms with Gasteiger partial charge in [0.25, 0.3) is 11.5 Å². The van der Waals surface area contributed by atoms with Crippen LogP contribution < -0.4 is 10.5 Å². The Kier molecular flexibility index (Phi) is 5.76. The number of benzene rings is 1. The van der Waals surface area contributed by atoms with Crippen LogP contribution in [-0.4, -0.2) is 59.1 Å². The van der Waals surface area contributed by atoms with Crippen LogP contribution in [0, 0.1) is 5.82 Å². The number of anilines is 1. The first-order valence-electron chi connectivity index (χ1n) is 9.17. The molecule has 1 aromatic carbocycles. The number of aromatic nitrogens is 1. The Morgan fingerprint density at radius 3 is 2.53 bits per heavy atom. The summed E-state index contributed by atoms with van der Waals surface area (Å²) in [7, 11) is 6.09. The molecule has 1 aliphatic rings. The number of fused-ring (bicyclic) bond motifs is 1. The van der Waals surface area contributed by atoms with E-state index in [-0.39, 0.29) is 35.5 Å². The Morgan fingerprint density at radius 2 is 1.93 bits per heavy atom. The number of hydrogen-bond donors (Lipinski definition) is 1. The van der Waals surface area contributed by atoms with Crippen molar-refractivity contribution in [3.63, 3.8) is 0 Å². The highest BCUT2D eigenvalue weighted by atomic mass is 35.5. The first kappa shape index (κ1) is 21.6. The van der Waals surface area contributed by atoms with Crippen molar-refractivity contribution >= 4 is 29.4 Å². The van der Waals surface area contributed by atoms with E-state index in [9.17, 15) is 23.9 Å². The van der Waals surface area contributed by atoms with Gasteiger partial charge in [-0.3, -0.25) is 19.1 Å². The highest BCUT2D eigenvalue weighted by Crippen LogP contribution is 2.33. The molecular weight excluding hydrogens is 415 g/mol. The van der Waals surface area contributed by atoms with E-state index in [0.29, 0.717) is 17.5 Å². The minimum Gasteiger partial charge on any atom is -0.502 e. The predicted molar refractivity (Wildman–Crippen MR) is 111 cm³/mol. The topological polar surface area (TPSA) is 86.1 Å². The molecule has 1 aliphatic heterocycles. The number of amides is 3. The van der Waals surface area contributed by atoms with E-state index >= 15 is 0 Å². The number of nitrogens with zero attached hydrogens (tertiary/aromatic N) is 4. The molecule has 0 spiro atoms. The molecule has 0 unspecified atom stereocenters. The summed E-state index contributed by atoms with van der Waals surface area (Å²) >= 11 is 5.82. The number of carbonyl (C=O) groups excluding carboxylic acids is 2. The van der Waals surface area contributed by atoms with Crippen molar-refractivity contribution in [2.75, 3.05) is 32.6 Å². The molecule has 3 rings (SSSR count). The quantitative estimate of drug-likeness (QED) is 0.799. The van der Waals surface area contributed by atoms with E-state index in [2.05, 4.69) is 0 Å². The second-order valence-corrected chi connectivity index (χ2v) is 7.76. The Morgan fingerprint density at radius 1 is 1.27 bits per heavy atom. The van der Waals surface area contributed by atoms with Crippen molar-refractivity contribution < 1.29 is 19.1 Å². The van der Waals surface area contributed by atoms with Gasteiger partial charge >= 0.3 is 6.03 Å². The van der Waals surface area contributed by atoms with E-state index < -0.39 is 23.0 Å². The summed E-state index contributed by atoms with van der Waals surface area (Å²) in [5.74, 6) is -1.51. The minimum absolute atomic E-state index is 0.0554. The van der Waals surface area contributed by atoms with Crippen molar-refractivity contribution in [3.05, 3.63) is 56.1 Å². The first-order valence-corrected chi connectivity index (χ1v) is 9.55. The van der Waals surface area contributed by atoms with Gasteiger partial charge in [-0.1, -0.05) is 17.7 Å². The molecule has 0 atom stereocenters. The van der Waals surface area contributed by atoms with Gasteiger partial charge in [-0.05, 0) is 24.1 Å². The number of hydrogen-bond acceptors (Lipinski definition) is 4. The summed E-state index contributed by atoms with van der Waals surface area (Å²) in [5, 5.41) is 10.4. The third kappa shape index (κ3) is 3.60. The molecule has 0 bridgehead atoms. The zero-order chi connectivity index (χ0) is 22.3. The number of pyridine rings is 1. The second kappa shape index (κ2) is 7.98. The maximum Gasteiger partial charge on any atom is 0.324 e. The van der Waals surface area contributed by atoms with Gasteiger partial charge in [0.1, 0.15) is 11.6 Å². The lowest BCUT2D eigenvalue weighted by atomic mass is 9.97. The van der Waals surface area contributed by atoms with Crippen LogP contribution in [0.3, 0.4) is 0 Å². The van der Waals surface area contributed by atoms with Gasteiger partial charge < -0.3 is 14.9 Å². The normalized spacial score (nSPS) is 13.3. The fourth-order valence-electron chi connectivity index (χ4n) is 3.62. The average molecular weight is 437 g/mol. The fourth-order valence-corrected chi connectivity index (χ4v) is 3.82. The summed E-state index contributed by atoms with van der Waals surface area (Å²) in [4.78, 5) is 42.2. The van der Waals surface area contributed by atoms with Gasteiger partial charge in [-0.2, -0.15) is 0 Å². The number of rotatable bonds is 3. The van der Waals surface area contributed by atoms with Crippen LogP contribution in [0.1, 0.15) is 21.5 Å².